The minimum atomic E-state index is 0. The van der Waals surface area contributed by atoms with Gasteiger partial charge in [-0.1, -0.05) is 19.1 Å². The molecule has 6 nitrogen and oxygen atoms in total. The summed E-state index contributed by atoms with van der Waals surface area (Å²) in [6.45, 7) is 7.57. The molecule has 0 amide bonds. The lowest BCUT2D eigenvalue weighted by atomic mass is 10.2. The van der Waals surface area contributed by atoms with Crippen LogP contribution in [-0.2, 0) is 0 Å². The molecular formula is C20H34IN5O. The third-order valence-electron chi connectivity index (χ3n) is 5.59. The molecule has 152 valence electrons. The standard InChI is InChI=1S/C20H33N5O.HI/c1-4-24-12-7-8-17(24)14-22-20(21-2)23-16-11-13-25(15-16)18-9-5-6-10-19(18)26-3;/h5-6,9-10,16-17H,4,7-8,11-15H2,1-3H3,(H2,21,22,23);1H. The van der Waals surface area contributed by atoms with Crippen LogP contribution in [-0.4, -0.2) is 69.8 Å². The van der Waals surface area contributed by atoms with Crippen LogP contribution in [0.5, 0.6) is 5.75 Å². The fourth-order valence-electron chi connectivity index (χ4n) is 4.13. The Morgan fingerprint density at radius 1 is 1.26 bits per heavy atom. The van der Waals surface area contributed by atoms with Crippen LogP contribution < -0.4 is 20.3 Å². The molecule has 1 aromatic rings. The summed E-state index contributed by atoms with van der Waals surface area (Å²) in [7, 11) is 3.59. The highest BCUT2D eigenvalue weighted by Crippen LogP contribution is 2.30. The van der Waals surface area contributed by atoms with E-state index in [2.05, 4.69) is 44.5 Å². The van der Waals surface area contributed by atoms with E-state index in [4.69, 9.17) is 4.74 Å². The average Bonchev–Trinajstić information content (AvgIpc) is 3.34. The van der Waals surface area contributed by atoms with E-state index in [1.54, 1.807) is 7.11 Å². The second-order valence-corrected chi connectivity index (χ2v) is 7.13. The van der Waals surface area contributed by atoms with Crippen molar-refractivity contribution in [2.24, 2.45) is 4.99 Å². The van der Waals surface area contributed by atoms with E-state index in [0.29, 0.717) is 12.1 Å². The number of hydrogen-bond acceptors (Lipinski definition) is 4. The van der Waals surface area contributed by atoms with E-state index in [0.717, 1.165) is 44.3 Å². The van der Waals surface area contributed by atoms with Crippen LogP contribution in [0.2, 0.25) is 0 Å². The largest absolute Gasteiger partial charge is 0.495 e. The summed E-state index contributed by atoms with van der Waals surface area (Å²) in [5, 5.41) is 7.13. The van der Waals surface area contributed by atoms with Gasteiger partial charge in [0.2, 0.25) is 0 Å². The number of rotatable bonds is 6. The summed E-state index contributed by atoms with van der Waals surface area (Å²) in [6.07, 6.45) is 3.69. The van der Waals surface area contributed by atoms with E-state index < -0.39 is 0 Å². The van der Waals surface area contributed by atoms with Crippen molar-refractivity contribution in [1.29, 1.82) is 0 Å². The number of nitrogens with zero attached hydrogens (tertiary/aromatic N) is 3. The smallest absolute Gasteiger partial charge is 0.191 e. The Labute approximate surface area is 180 Å². The Bertz CT molecular complexity index is 612. The maximum absolute atomic E-state index is 5.51. The molecule has 2 atom stereocenters. The number of para-hydroxylation sites is 2. The number of benzene rings is 1. The lowest BCUT2D eigenvalue weighted by Gasteiger charge is -2.25. The number of hydrogen-bond donors (Lipinski definition) is 2. The van der Waals surface area contributed by atoms with Gasteiger partial charge in [0, 0.05) is 38.8 Å². The van der Waals surface area contributed by atoms with Crippen LogP contribution in [0.3, 0.4) is 0 Å². The first-order valence-corrected chi connectivity index (χ1v) is 9.84. The van der Waals surface area contributed by atoms with Gasteiger partial charge in [0.25, 0.3) is 0 Å². The summed E-state index contributed by atoms with van der Waals surface area (Å²) in [5.74, 6) is 1.86. The van der Waals surface area contributed by atoms with Crippen LogP contribution in [0.4, 0.5) is 5.69 Å². The van der Waals surface area contributed by atoms with Crippen molar-refractivity contribution in [2.75, 3.05) is 51.8 Å². The fraction of sp³-hybridized carbons (Fsp3) is 0.650. The van der Waals surface area contributed by atoms with Gasteiger partial charge in [0.05, 0.1) is 12.8 Å². The van der Waals surface area contributed by atoms with Gasteiger partial charge in [-0.25, -0.2) is 0 Å². The highest BCUT2D eigenvalue weighted by atomic mass is 127. The fourth-order valence-corrected chi connectivity index (χ4v) is 4.13. The van der Waals surface area contributed by atoms with Crippen molar-refractivity contribution in [3.63, 3.8) is 0 Å². The second kappa shape index (κ2) is 10.9. The molecule has 0 radical (unpaired) electrons. The molecule has 2 heterocycles. The Balaban J connectivity index is 0.00000261. The number of nitrogens with one attached hydrogen (secondary N) is 2. The SMILES string of the molecule is CCN1CCCC1CNC(=NC)NC1CCN(c2ccccc2OC)C1.I. The van der Waals surface area contributed by atoms with E-state index in [9.17, 15) is 0 Å². The molecule has 2 fully saturated rings. The normalized spacial score (nSPS) is 23.2. The predicted molar refractivity (Wildman–Crippen MR) is 124 cm³/mol. The maximum atomic E-state index is 5.51. The molecule has 2 aliphatic rings. The Morgan fingerprint density at radius 3 is 2.81 bits per heavy atom. The van der Waals surface area contributed by atoms with Gasteiger partial charge in [-0.2, -0.15) is 0 Å². The number of likely N-dealkylation sites (tertiary alicyclic amines) is 1. The number of ether oxygens (including phenoxy) is 1. The number of likely N-dealkylation sites (N-methyl/N-ethyl adjacent to an activating group) is 1. The van der Waals surface area contributed by atoms with Crippen LogP contribution in [0.1, 0.15) is 26.2 Å². The number of halogens is 1. The lowest BCUT2D eigenvalue weighted by molar-refractivity contribution is 0.267. The van der Waals surface area contributed by atoms with Crippen LogP contribution in [0.25, 0.3) is 0 Å². The summed E-state index contributed by atoms with van der Waals surface area (Å²) in [5.41, 5.74) is 1.17. The third-order valence-corrected chi connectivity index (χ3v) is 5.59. The molecular weight excluding hydrogens is 453 g/mol. The van der Waals surface area contributed by atoms with Crippen molar-refractivity contribution in [1.82, 2.24) is 15.5 Å². The van der Waals surface area contributed by atoms with Crippen LogP contribution in [0.15, 0.2) is 29.3 Å². The summed E-state index contributed by atoms with van der Waals surface area (Å²) < 4.78 is 5.51. The van der Waals surface area contributed by atoms with Crippen molar-refractivity contribution in [3.8, 4) is 5.75 Å². The number of guanidine groups is 1. The molecule has 27 heavy (non-hydrogen) atoms. The zero-order valence-electron chi connectivity index (χ0n) is 16.8. The predicted octanol–water partition coefficient (Wildman–Crippen LogP) is 2.54. The average molecular weight is 487 g/mol. The van der Waals surface area contributed by atoms with Gasteiger partial charge >= 0.3 is 0 Å². The van der Waals surface area contributed by atoms with Gasteiger partial charge in [-0.05, 0) is 44.5 Å². The number of anilines is 1. The van der Waals surface area contributed by atoms with E-state index in [1.807, 2.05) is 19.2 Å². The van der Waals surface area contributed by atoms with Gasteiger partial charge in [-0.15, -0.1) is 24.0 Å². The minimum absolute atomic E-state index is 0. The summed E-state index contributed by atoms with van der Waals surface area (Å²) in [6, 6.07) is 9.28. The van der Waals surface area contributed by atoms with Crippen LogP contribution in [0, 0.1) is 0 Å². The highest BCUT2D eigenvalue weighted by Gasteiger charge is 2.26. The van der Waals surface area contributed by atoms with Crippen molar-refractivity contribution in [3.05, 3.63) is 24.3 Å². The highest BCUT2D eigenvalue weighted by molar-refractivity contribution is 14.0. The van der Waals surface area contributed by atoms with E-state index >= 15 is 0 Å². The Morgan fingerprint density at radius 2 is 2.07 bits per heavy atom. The molecule has 2 saturated heterocycles. The molecule has 0 spiro atoms. The van der Waals surface area contributed by atoms with Crippen LogP contribution >= 0.6 is 24.0 Å². The number of methoxy groups -OCH3 is 1. The molecule has 7 heteroatoms. The molecule has 0 aliphatic carbocycles. The second-order valence-electron chi connectivity index (χ2n) is 7.13. The first-order chi connectivity index (χ1) is 12.7. The first-order valence-electron chi connectivity index (χ1n) is 9.84. The minimum Gasteiger partial charge on any atom is -0.495 e. The van der Waals surface area contributed by atoms with Crippen molar-refractivity contribution < 1.29 is 4.74 Å². The van der Waals surface area contributed by atoms with Gasteiger partial charge < -0.3 is 20.3 Å². The molecule has 0 bridgehead atoms. The molecule has 0 saturated carbocycles. The quantitative estimate of drug-likeness (QED) is 0.367. The molecule has 3 rings (SSSR count). The summed E-state index contributed by atoms with van der Waals surface area (Å²) >= 11 is 0. The third kappa shape index (κ3) is 5.63. The summed E-state index contributed by atoms with van der Waals surface area (Å²) in [4.78, 5) is 9.37. The van der Waals surface area contributed by atoms with Gasteiger partial charge in [0.1, 0.15) is 5.75 Å². The van der Waals surface area contributed by atoms with E-state index in [1.165, 1.54) is 25.1 Å². The Kier molecular flexibility index (Phi) is 8.95. The first kappa shape index (κ1) is 22.1. The van der Waals surface area contributed by atoms with E-state index in [-0.39, 0.29) is 24.0 Å². The lowest BCUT2D eigenvalue weighted by Crippen LogP contribution is -2.48. The van der Waals surface area contributed by atoms with Gasteiger partial charge in [0.15, 0.2) is 5.96 Å². The monoisotopic (exact) mass is 487 g/mol. The molecule has 2 unspecified atom stereocenters. The maximum Gasteiger partial charge on any atom is 0.191 e. The van der Waals surface area contributed by atoms with Crippen molar-refractivity contribution in [2.45, 2.75) is 38.3 Å². The molecule has 0 aromatic heterocycles. The molecule has 2 N–H and O–H groups in total. The zero-order chi connectivity index (χ0) is 18.4. The topological polar surface area (TPSA) is 52.1 Å². The number of aliphatic imine (C=N–C) groups is 1. The molecule has 2 aliphatic heterocycles. The molecule has 1 aromatic carbocycles. The zero-order valence-corrected chi connectivity index (χ0v) is 19.1. The van der Waals surface area contributed by atoms with Crippen molar-refractivity contribution >= 4 is 35.6 Å². The van der Waals surface area contributed by atoms with Gasteiger partial charge in [-0.3, -0.25) is 9.89 Å². The Hall–Kier alpha value is -1.22.